The van der Waals surface area contributed by atoms with Gasteiger partial charge in [-0.15, -0.1) is 0 Å². The number of imidazole rings is 1. The third-order valence-corrected chi connectivity index (χ3v) is 4.03. The van der Waals surface area contributed by atoms with Gasteiger partial charge in [0.05, 0.1) is 23.3 Å². The van der Waals surface area contributed by atoms with E-state index in [9.17, 15) is 9.59 Å². The Labute approximate surface area is 122 Å². The first-order chi connectivity index (χ1) is 10.1. The predicted octanol–water partition coefficient (Wildman–Crippen LogP) is 1.51. The molecule has 1 aromatic heterocycles. The largest absolute Gasteiger partial charge is 0.481 e. The van der Waals surface area contributed by atoms with Crippen LogP contribution in [0.2, 0.25) is 0 Å². The Morgan fingerprint density at radius 2 is 2.19 bits per heavy atom. The molecule has 1 N–H and O–H groups in total. The molecule has 0 bridgehead atoms. The molecule has 1 amide bonds. The van der Waals surface area contributed by atoms with Gasteiger partial charge in [-0.2, -0.15) is 0 Å². The van der Waals surface area contributed by atoms with Gasteiger partial charge < -0.3 is 14.6 Å². The van der Waals surface area contributed by atoms with Gasteiger partial charge in [0.25, 0.3) is 5.91 Å². The van der Waals surface area contributed by atoms with Crippen LogP contribution in [0, 0.1) is 5.92 Å². The molecule has 1 aromatic carbocycles. The van der Waals surface area contributed by atoms with E-state index >= 15 is 0 Å². The number of carboxylic acids is 1. The lowest BCUT2D eigenvalue weighted by Crippen LogP contribution is -2.42. The molecule has 3 rings (SSSR count). The number of carboxylic acid groups (broad SMARTS) is 1. The van der Waals surface area contributed by atoms with Crippen molar-refractivity contribution in [3.8, 4) is 0 Å². The highest BCUT2D eigenvalue weighted by Gasteiger charge is 2.28. The number of benzene rings is 1. The van der Waals surface area contributed by atoms with Gasteiger partial charge in [0.2, 0.25) is 0 Å². The summed E-state index contributed by atoms with van der Waals surface area (Å²) in [6, 6.07) is 5.41. The zero-order chi connectivity index (χ0) is 15.0. The molecule has 6 nitrogen and oxygen atoms in total. The lowest BCUT2D eigenvalue weighted by molar-refractivity contribution is -0.143. The van der Waals surface area contributed by atoms with Gasteiger partial charge in [-0.1, -0.05) is 0 Å². The van der Waals surface area contributed by atoms with Crippen molar-refractivity contribution in [2.75, 3.05) is 13.1 Å². The SMILES string of the molecule is Cn1cnc2cc(C(=O)N3CCCC(C(=O)O)C3)ccc21. The second kappa shape index (κ2) is 5.20. The monoisotopic (exact) mass is 287 g/mol. The molecule has 0 aliphatic carbocycles. The first-order valence-corrected chi connectivity index (χ1v) is 6.99. The summed E-state index contributed by atoms with van der Waals surface area (Å²) in [4.78, 5) is 29.5. The summed E-state index contributed by atoms with van der Waals surface area (Å²) in [5, 5.41) is 9.10. The number of carbonyl (C=O) groups is 2. The van der Waals surface area contributed by atoms with Crippen LogP contribution < -0.4 is 0 Å². The molecule has 110 valence electrons. The van der Waals surface area contributed by atoms with E-state index in [0.717, 1.165) is 17.5 Å². The standard InChI is InChI=1S/C15H17N3O3/c1-17-9-16-12-7-10(4-5-13(12)17)14(19)18-6-2-3-11(8-18)15(20)21/h4-5,7,9,11H,2-3,6,8H2,1H3,(H,20,21). The van der Waals surface area contributed by atoms with Crippen LogP contribution in [0.1, 0.15) is 23.2 Å². The molecule has 1 unspecified atom stereocenters. The lowest BCUT2D eigenvalue weighted by Gasteiger charge is -2.30. The molecule has 2 aromatic rings. The zero-order valence-electron chi connectivity index (χ0n) is 11.8. The van der Waals surface area contributed by atoms with Crippen LogP contribution in [0.4, 0.5) is 0 Å². The maximum absolute atomic E-state index is 12.5. The van der Waals surface area contributed by atoms with E-state index in [2.05, 4.69) is 4.98 Å². The Balaban J connectivity index is 1.84. The average Bonchev–Trinajstić information content (AvgIpc) is 2.87. The second-order valence-corrected chi connectivity index (χ2v) is 5.49. The van der Waals surface area contributed by atoms with Crippen molar-refractivity contribution in [3.05, 3.63) is 30.1 Å². The number of hydrogen-bond acceptors (Lipinski definition) is 3. The molecule has 1 atom stereocenters. The van der Waals surface area contributed by atoms with Crippen LogP contribution in [-0.2, 0) is 11.8 Å². The number of aryl methyl sites for hydroxylation is 1. The summed E-state index contributed by atoms with van der Waals surface area (Å²) in [5.41, 5.74) is 2.30. The lowest BCUT2D eigenvalue weighted by atomic mass is 9.97. The van der Waals surface area contributed by atoms with Crippen LogP contribution in [-0.4, -0.2) is 44.5 Å². The van der Waals surface area contributed by atoms with Gasteiger partial charge in [0.1, 0.15) is 0 Å². The first kappa shape index (κ1) is 13.6. The Hall–Kier alpha value is -2.37. The number of hydrogen-bond donors (Lipinski definition) is 1. The molecule has 0 radical (unpaired) electrons. The Kier molecular flexibility index (Phi) is 3.37. The minimum Gasteiger partial charge on any atom is -0.481 e. The minimum absolute atomic E-state index is 0.117. The highest BCUT2D eigenvalue weighted by atomic mass is 16.4. The van der Waals surface area contributed by atoms with Gasteiger partial charge in [-0.05, 0) is 31.0 Å². The smallest absolute Gasteiger partial charge is 0.308 e. The Bertz CT molecular complexity index is 707. The maximum atomic E-state index is 12.5. The highest BCUT2D eigenvalue weighted by molar-refractivity contribution is 5.97. The summed E-state index contributed by atoms with van der Waals surface area (Å²) in [6.07, 6.45) is 3.08. The number of amides is 1. The van der Waals surface area contributed by atoms with Gasteiger partial charge >= 0.3 is 5.97 Å². The van der Waals surface area contributed by atoms with Crippen LogP contribution in [0.3, 0.4) is 0 Å². The third-order valence-electron chi connectivity index (χ3n) is 4.03. The number of piperidine rings is 1. The van der Waals surface area contributed by atoms with E-state index in [0.29, 0.717) is 18.5 Å². The van der Waals surface area contributed by atoms with Crippen LogP contribution >= 0.6 is 0 Å². The second-order valence-electron chi connectivity index (χ2n) is 5.49. The fourth-order valence-corrected chi connectivity index (χ4v) is 2.81. The van der Waals surface area contributed by atoms with Crippen molar-refractivity contribution in [3.63, 3.8) is 0 Å². The van der Waals surface area contributed by atoms with Crippen molar-refractivity contribution < 1.29 is 14.7 Å². The van der Waals surface area contributed by atoms with Crippen molar-refractivity contribution >= 4 is 22.9 Å². The number of rotatable bonds is 2. The molecule has 1 saturated heterocycles. The van der Waals surface area contributed by atoms with Gasteiger partial charge in [0.15, 0.2) is 0 Å². The van der Waals surface area contributed by atoms with Crippen LogP contribution in [0.15, 0.2) is 24.5 Å². The number of carbonyl (C=O) groups excluding carboxylic acids is 1. The summed E-state index contributed by atoms with van der Waals surface area (Å²) in [6.45, 7) is 0.900. The van der Waals surface area contributed by atoms with Gasteiger partial charge in [0, 0.05) is 25.7 Å². The molecule has 21 heavy (non-hydrogen) atoms. The molecule has 1 aliphatic rings. The normalized spacial score (nSPS) is 18.9. The van der Waals surface area contributed by atoms with E-state index in [-0.39, 0.29) is 12.5 Å². The highest BCUT2D eigenvalue weighted by Crippen LogP contribution is 2.20. The number of aromatic nitrogens is 2. The summed E-state index contributed by atoms with van der Waals surface area (Å²) in [5.74, 6) is -1.40. The van der Waals surface area contributed by atoms with Crippen LogP contribution in [0.5, 0.6) is 0 Å². The van der Waals surface area contributed by atoms with E-state index in [1.807, 2.05) is 17.7 Å². The van der Waals surface area contributed by atoms with Crippen molar-refractivity contribution in [1.29, 1.82) is 0 Å². The fourth-order valence-electron chi connectivity index (χ4n) is 2.81. The molecule has 6 heteroatoms. The number of fused-ring (bicyclic) bond motifs is 1. The molecular formula is C15H17N3O3. The summed E-state index contributed by atoms with van der Waals surface area (Å²) >= 11 is 0. The van der Waals surface area contributed by atoms with E-state index in [1.54, 1.807) is 23.4 Å². The van der Waals surface area contributed by atoms with Gasteiger partial charge in [-0.3, -0.25) is 9.59 Å². The third kappa shape index (κ3) is 2.49. The van der Waals surface area contributed by atoms with Crippen molar-refractivity contribution in [2.24, 2.45) is 13.0 Å². The predicted molar refractivity (Wildman–Crippen MR) is 77.0 cm³/mol. The van der Waals surface area contributed by atoms with E-state index in [4.69, 9.17) is 5.11 Å². The number of nitrogens with zero attached hydrogens (tertiary/aromatic N) is 3. The number of likely N-dealkylation sites (tertiary alicyclic amines) is 1. The Morgan fingerprint density at radius 3 is 2.95 bits per heavy atom. The van der Waals surface area contributed by atoms with Crippen molar-refractivity contribution in [1.82, 2.24) is 14.5 Å². The molecular weight excluding hydrogens is 270 g/mol. The maximum Gasteiger partial charge on any atom is 0.308 e. The summed E-state index contributed by atoms with van der Waals surface area (Å²) in [7, 11) is 1.90. The molecule has 0 spiro atoms. The van der Waals surface area contributed by atoms with Gasteiger partial charge in [-0.25, -0.2) is 4.98 Å². The fraction of sp³-hybridized carbons (Fsp3) is 0.400. The van der Waals surface area contributed by atoms with Crippen LogP contribution in [0.25, 0.3) is 11.0 Å². The van der Waals surface area contributed by atoms with Crippen molar-refractivity contribution in [2.45, 2.75) is 12.8 Å². The Morgan fingerprint density at radius 1 is 1.38 bits per heavy atom. The topological polar surface area (TPSA) is 75.4 Å². The molecule has 0 saturated carbocycles. The summed E-state index contributed by atoms with van der Waals surface area (Å²) < 4.78 is 1.89. The van der Waals surface area contributed by atoms with E-state index < -0.39 is 11.9 Å². The number of aliphatic carboxylic acids is 1. The van der Waals surface area contributed by atoms with E-state index in [1.165, 1.54) is 0 Å². The molecule has 1 aliphatic heterocycles. The quantitative estimate of drug-likeness (QED) is 0.908. The molecule has 2 heterocycles. The minimum atomic E-state index is -0.826. The zero-order valence-corrected chi connectivity index (χ0v) is 11.8. The average molecular weight is 287 g/mol. The molecule has 1 fully saturated rings. The first-order valence-electron chi connectivity index (χ1n) is 6.99.